The van der Waals surface area contributed by atoms with E-state index in [-0.39, 0.29) is 6.42 Å². The molecule has 4 nitrogen and oxygen atoms in total. The Morgan fingerprint density at radius 1 is 1.53 bits per heavy atom. The van der Waals surface area contributed by atoms with Gasteiger partial charge < -0.3 is 15.9 Å². The highest BCUT2D eigenvalue weighted by Crippen LogP contribution is 2.20. The quantitative estimate of drug-likeness (QED) is 0.724. The molecule has 0 unspecified atom stereocenters. The Kier molecular flexibility index (Phi) is 4.08. The molecule has 4 N–H and O–H groups in total. The minimum Gasteiger partial charge on any atom is -0.480 e. The summed E-state index contributed by atoms with van der Waals surface area (Å²) in [5, 5.41) is 18.7. The van der Waals surface area contributed by atoms with E-state index in [1.165, 1.54) is 0 Å². The maximum absolute atomic E-state index is 10.5. The van der Waals surface area contributed by atoms with Gasteiger partial charge in [0.25, 0.3) is 0 Å². The van der Waals surface area contributed by atoms with E-state index in [0.29, 0.717) is 10.6 Å². The van der Waals surface area contributed by atoms with Gasteiger partial charge in [0.05, 0.1) is 6.10 Å². The van der Waals surface area contributed by atoms with Crippen LogP contribution >= 0.6 is 11.6 Å². The summed E-state index contributed by atoms with van der Waals surface area (Å²) in [4.78, 5) is 10.5. The number of benzene rings is 1. The van der Waals surface area contributed by atoms with E-state index >= 15 is 0 Å². The second kappa shape index (κ2) is 5.11. The number of halogens is 1. The molecule has 0 spiro atoms. The Hall–Kier alpha value is -1.10. The zero-order valence-electron chi connectivity index (χ0n) is 7.93. The third kappa shape index (κ3) is 3.51. The molecule has 0 bridgehead atoms. The number of carboxylic acid groups (broad SMARTS) is 1. The smallest absolute Gasteiger partial charge is 0.320 e. The summed E-state index contributed by atoms with van der Waals surface area (Å²) in [7, 11) is 0. The molecule has 0 aliphatic heterocycles. The van der Waals surface area contributed by atoms with E-state index < -0.39 is 18.1 Å². The normalized spacial score (nSPS) is 14.6. The van der Waals surface area contributed by atoms with Crippen molar-refractivity contribution in [3.63, 3.8) is 0 Å². The predicted octanol–water partition coefficient (Wildman–Crippen LogP) is 1.18. The Morgan fingerprint density at radius 2 is 2.20 bits per heavy atom. The van der Waals surface area contributed by atoms with Crippen molar-refractivity contribution < 1.29 is 15.0 Å². The molecule has 0 fully saturated rings. The molecule has 0 aliphatic carbocycles. The molecule has 0 saturated carbocycles. The largest absolute Gasteiger partial charge is 0.480 e. The van der Waals surface area contributed by atoms with Crippen LogP contribution in [0.15, 0.2) is 24.3 Å². The van der Waals surface area contributed by atoms with E-state index in [2.05, 4.69) is 0 Å². The molecule has 82 valence electrons. The van der Waals surface area contributed by atoms with Gasteiger partial charge in [-0.25, -0.2) is 0 Å². The van der Waals surface area contributed by atoms with Gasteiger partial charge in [0.2, 0.25) is 0 Å². The molecular weight excluding hydrogens is 218 g/mol. The monoisotopic (exact) mass is 229 g/mol. The number of nitrogens with two attached hydrogens (primary N) is 1. The summed E-state index contributed by atoms with van der Waals surface area (Å²) < 4.78 is 0. The van der Waals surface area contributed by atoms with E-state index in [0.717, 1.165) is 0 Å². The summed E-state index contributed by atoms with van der Waals surface area (Å²) in [6.07, 6.45) is -0.940. The molecule has 2 atom stereocenters. The second-order valence-electron chi connectivity index (χ2n) is 3.25. The van der Waals surface area contributed by atoms with Crippen LogP contribution in [-0.2, 0) is 4.79 Å². The van der Waals surface area contributed by atoms with Crippen LogP contribution in [0, 0.1) is 0 Å². The van der Waals surface area contributed by atoms with Gasteiger partial charge in [-0.15, -0.1) is 0 Å². The Bertz CT molecular complexity index is 356. The van der Waals surface area contributed by atoms with Crippen molar-refractivity contribution in [1.29, 1.82) is 0 Å². The van der Waals surface area contributed by atoms with Gasteiger partial charge in [0.15, 0.2) is 0 Å². The zero-order chi connectivity index (χ0) is 11.4. The fraction of sp³-hybridized carbons (Fsp3) is 0.300. The van der Waals surface area contributed by atoms with Crippen LogP contribution in [0.25, 0.3) is 0 Å². The fourth-order valence-corrected chi connectivity index (χ4v) is 1.39. The molecule has 1 rings (SSSR count). The van der Waals surface area contributed by atoms with Crippen LogP contribution in [0.2, 0.25) is 5.02 Å². The van der Waals surface area contributed by atoms with E-state index in [4.69, 9.17) is 22.4 Å². The van der Waals surface area contributed by atoms with Gasteiger partial charge in [-0.05, 0) is 17.7 Å². The number of aliphatic carboxylic acids is 1. The molecule has 0 radical (unpaired) electrons. The first-order valence-corrected chi connectivity index (χ1v) is 4.80. The highest BCUT2D eigenvalue weighted by atomic mass is 35.5. The Labute approximate surface area is 92.3 Å². The van der Waals surface area contributed by atoms with Gasteiger partial charge in [-0.2, -0.15) is 0 Å². The minimum absolute atomic E-state index is 0.0321. The topological polar surface area (TPSA) is 83.5 Å². The van der Waals surface area contributed by atoms with Crippen LogP contribution in [0.3, 0.4) is 0 Å². The lowest BCUT2D eigenvalue weighted by Crippen LogP contribution is -2.31. The van der Waals surface area contributed by atoms with E-state index in [9.17, 15) is 9.90 Å². The van der Waals surface area contributed by atoms with Crippen LogP contribution in [-0.4, -0.2) is 22.2 Å². The molecule has 0 saturated heterocycles. The SMILES string of the molecule is N[C@@H](C[C@H](O)c1cccc(Cl)c1)C(=O)O. The van der Waals surface area contributed by atoms with Crippen LogP contribution in [0.5, 0.6) is 0 Å². The Balaban J connectivity index is 2.68. The lowest BCUT2D eigenvalue weighted by atomic mass is 10.0. The van der Waals surface area contributed by atoms with Gasteiger partial charge in [-0.1, -0.05) is 23.7 Å². The van der Waals surface area contributed by atoms with E-state index in [1.54, 1.807) is 24.3 Å². The van der Waals surface area contributed by atoms with Crippen molar-refractivity contribution in [2.75, 3.05) is 0 Å². The maximum Gasteiger partial charge on any atom is 0.320 e. The summed E-state index contributed by atoms with van der Waals surface area (Å²) in [6, 6.07) is 5.55. The van der Waals surface area contributed by atoms with Gasteiger partial charge in [0.1, 0.15) is 6.04 Å². The van der Waals surface area contributed by atoms with Crippen molar-refractivity contribution in [2.45, 2.75) is 18.6 Å². The molecule has 1 aromatic rings. The van der Waals surface area contributed by atoms with Crippen molar-refractivity contribution in [3.05, 3.63) is 34.9 Å². The molecule has 5 heteroatoms. The standard InChI is InChI=1S/C10H12ClNO3/c11-7-3-1-2-6(4-7)9(13)5-8(12)10(14)15/h1-4,8-9,13H,5,12H2,(H,14,15)/t8-,9-/m0/s1. The number of aliphatic hydroxyl groups is 1. The predicted molar refractivity (Wildman–Crippen MR) is 56.6 cm³/mol. The van der Waals surface area contributed by atoms with Crippen molar-refractivity contribution in [1.82, 2.24) is 0 Å². The summed E-state index contributed by atoms with van der Waals surface area (Å²) in [5.41, 5.74) is 5.87. The number of rotatable bonds is 4. The first-order valence-electron chi connectivity index (χ1n) is 4.42. The first kappa shape index (κ1) is 12.0. The second-order valence-corrected chi connectivity index (χ2v) is 3.69. The summed E-state index contributed by atoms with van der Waals surface area (Å²) in [5.74, 6) is -1.13. The molecule has 0 amide bonds. The van der Waals surface area contributed by atoms with Crippen LogP contribution < -0.4 is 5.73 Å². The summed E-state index contributed by atoms with van der Waals surface area (Å²) in [6.45, 7) is 0. The van der Waals surface area contributed by atoms with Gasteiger partial charge >= 0.3 is 5.97 Å². The van der Waals surface area contributed by atoms with Crippen molar-refractivity contribution in [3.8, 4) is 0 Å². The highest BCUT2D eigenvalue weighted by molar-refractivity contribution is 6.30. The number of hydrogen-bond donors (Lipinski definition) is 3. The third-order valence-electron chi connectivity index (χ3n) is 2.03. The zero-order valence-corrected chi connectivity index (χ0v) is 8.69. The number of hydrogen-bond acceptors (Lipinski definition) is 3. The Morgan fingerprint density at radius 3 is 2.73 bits per heavy atom. The van der Waals surface area contributed by atoms with Crippen LogP contribution in [0.4, 0.5) is 0 Å². The minimum atomic E-state index is -1.13. The average molecular weight is 230 g/mol. The molecule has 0 aromatic heterocycles. The lowest BCUT2D eigenvalue weighted by molar-refractivity contribution is -0.139. The lowest BCUT2D eigenvalue weighted by Gasteiger charge is -2.13. The average Bonchev–Trinajstić information content (AvgIpc) is 2.17. The fourth-order valence-electron chi connectivity index (χ4n) is 1.19. The molecular formula is C10H12ClNO3. The van der Waals surface area contributed by atoms with Crippen molar-refractivity contribution >= 4 is 17.6 Å². The van der Waals surface area contributed by atoms with Crippen molar-refractivity contribution in [2.24, 2.45) is 5.73 Å². The first-order chi connectivity index (χ1) is 7.00. The van der Waals surface area contributed by atoms with Gasteiger partial charge in [0, 0.05) is 11.4 Å². The number of carbonyl (C=O) groups is 1. The number of aliphatic hydroxyl groups excluding tert-OH is 1. The maximum atomic E-state index is 10.5. The molecule has 0 aliphatic rings. The summed E-state index contributed by atoms with van der Waals surface area (Å²) >= 11 is 5.73. The molecule has 1 aromatic carbocycles. The third-order valence-corrected chi connectivity index (χ3v) is 2.26. The number of carboxylic acids is 1. The van der Waals surface area contributed by atoms with Crippen LogP contribution in [0.1, 0.15) is 18.1 Å². The van der Waals surface area contributed by atoms with E-state index in [1.807, 2.05) is 0 Å². The molecule has 15 heavy (non-hydrogen) atoms. The van der Waals surface area contributed by atoms with Gasteiger partial charge in [-0.3, -0.25) is 4.79 Å². The highest BCUT2D eigenvalue weighted by Gasteiger charge is 2.18. The molecule has 0 heterocycles.